The molecule has 1 unspecified atom stereocenters. The van der Waals surface area contributed by atoms with Gasteiger partial charge in [0.15, 0.2) is 17.6 Å². The second-order valence-electron chi connectivity index (χ2n) is 5.48. The van der Waals surface area contributed by atoms with Crippen LogP contribution in [0.25, 0.3) is 0 Å². The van der Waals surface area contributed by atoms with Gasteiger partial charge in [0.2, 0.25) is 0 Å². The molecule has 1 atom stereocenters. The first-order valence-electron chi connectivity index (χ1n) is 8.28. The van der Waals surface area contributed by atoms with Crippen LogP contribution >= 0.6 is 0 Å². The molecule has 0 fully saturated rings. The number of carbonyl (C=O) groups excluding carboxylic acids is 2. The number of nitrogens with one attached hydrogen (secondary N) is 2. The molecule has 0 saturated carbocycles. The normalized spacial score (nSPS) is 11.0. The summed E-state index contributed by atoms with van der Waals surface area (Å²) in [6, 6.07) is 13.5. The summed E-state index contributed by atoms with van der Waals surface area (Å²) in [5.74, 6) is 0.613. The number of hydrogen-bond acceptors (Lipinski definition) is 5. The van der Waals surface area contributed by atoms with Crippen molar-refractivity contribution in [1.29, 1.82) is 0 Å². The Kier molecular flexibility index (Phi) is 7.25. The highest BCUT2D eigenvalue weighted by molar-refractivity contribution is 5.95. The zero-order valence-corrected chi connectivity index (χ0v) is 15.2. The van der Waals surface area contributed by atoms with Gasteiger partial charge < -0.3 is 14.2 Å². The Morgan fingerprint density at radius 2 is 1.74 bits per heavy atom. The fourth-order valence-corrected chi connectivity index (χ4v) is 2.11. The maximum absolute atomic E-state index is 12.1. The summed E-state index contributed by atoms with van der Waals surface area (Å²) in [4.78, 5) is 24.2. The van der Waals surface area contributed by atoms with Crippen LogP contribution in [0.3, 0.4) is 0 Å². The second-order valence-corrected chi connectivity index (χ2v) is 5.48. The molecule has 0 radical (unpaired) electrons. The molecule has 2 amide bonds. The van der Waals surface area contributed by atoms with E-state index in [1.807, 2.05) is 0 Å². The molecule has 0 spiro atoms. The van der Waals surface area contributed by atoms with E-state index in [0.29, 0.717) is 29.4 Å². The lowest BCUT2D eigenvalue weighted by Crippen LogP contribution is -2.47. The van der Waals surface area contributed by atoms with Crippen molar-refractivity contribution in [1.82, 2.24) is 10.9 Å². The average Bonchev–Trinajstić information content (AvgIpc) is 2.70. The van der Waals surface area contributed by atoms with Gasteiger partial charge in [-0.1, -0.05) is 24.8 Å². The van der Waals surface area contributed by atoms with E-state index in [9.17, 15) is 9.59 Å². The Balaban J connectivity index is 1.86. The van der Waals surface area contributed by atoms with Gasteiger partial charge in [0.05, 0.1) is 7.11 Å². The standard InChI is InChI=1S/C20H22N2O5/c1-4-13-26-16-11-9-15(10-12-16)20(24)22-21-19(23)14(2)27-18-8-6-5-7-17(18)25-3/h4-12,14H,1,13H2,2-3H3,(H,21,23)(H,22,24). The van der Waals surface area contributed by atoms with Gasteiger partial charge in [0.1, 0.15) is 12.4 Å². The quantitative estimate of drug-likeness (QED) is 0.551. The SMILES string of the molecule is C=CCOc1ccc(C(=O)NNC(=O)C(C)Oc2ccccc2OC)cc1. The van der Waals surface area contributed by atoms with Crippen LogP contribution in [-0.2, 0) is 4.79 Å². The average molecular weight is 370 g/mol. The Morgan fingerprint density at radius 1 is 1.07 bits per heavy atom. The van der Waals surface area contributed by atoms with E-state index in [1.54, 1.807) is 61.5 Å². The maximum Gasteiger partial charge on any atom is 0.279 e. The van der Waals surface area contributed by atoms with Crippen LogP contribution in [0.15, 0.2) is 61.2 Å². The fourth-order valence-electron chi connectivity index (χ4n) is 2.11. The van der Waals surface area contributed by atoms with Crippen LogP contribution in [-0.4, -0.2) is 31.6 Å². The van der Waals surface area contributed by atoms with Crippen LogP contribution in [0.1, 0.15) is 17.3 Å². The highest BCUT2D eigenvalue weighted by Crippen LogP contribution is 2.26. The van der Waals surface area contributed by atoms with Crippen molar-refractivity contribution in [2.75, 3.05) is 13.7 Å². The Bertz CT molecular complexity index is 789. The van der Waals surface area contributed by atoms with E-state index >= 15 is 0 Å². The third kappa shape index (κ3) is 5.78. The zero-order chi connectivity index (χ0) is 19.6. The topological polar surface area (TPSA) is 85.9 Å². The number of para-hydroxylation sites is 2. The molecule has 0 aliphatic rings. The Hall–Kier alpha value is -3.48. The van der Waals surface area contributed by atoms with E-state index in [-0.39, 0.29) is 0 Å². The first-order chi connectivity index (χ1) is 13.0. The summed E-state index contributed by atoms with van der Waals surface area (Å²) in [6.45, 7) is 5.52. The van der Waals surface area contributed by atoms with Gasteiger partial charge in [-0.25, -0.2) is 0 Å². The van der Waals surface area contributed by atoms with Gasteiger partial charge in [-0.15, -0.1) is 0 Å². The molecule has 7 heteroatoms. The van der Waals surface area contributed by atoms with Crippen LogP contribution in [0.5, 0.6) is 17.2 Å². The molecule has 2 N–H and O–H groups in total. The summed E-state index contributed by atoms with van der Waals surface area (Å²) < 4.78 is 16.1. The molecule has 0 aliphatic heterocycles. The van der Waals surface area contributed by atoms with Gasteiger partial charge in [-0.05, 0) is 43.3 Å². The summed E-state index contributed by atoms with van der Waals surface area (Å²) in [7, 11) is 1.51. The molecule has 0 aliphatic carbocycles. The molecule has 0 saturated heterocycles. The highest BCUT2D eigenvalue weighted by atomic mass is 16.5. The monoisotopic (exact) mass is 370 g/mol. The van der Waals surface area contributed by atoms with E-state index in [2.05, 4.69) is 17.4 Å². The minimum atomic E-state index is -0.837. The number of carbonyl (C=O) groups is 2. The van der Waals surface area contributed by atoms with Crippen LogP contribution in [0.2, 0.25) is 0 Å². The van der Waals surface area contributed by atoms with Crippen molar-refractivity contribution < 1.29 is 23.8 Å². The largest absolute Gasteiger partial charge is 0.493 e. The van der Waals surface area contributed by atoms with Gasteiger partial charge in [-0.2, -0.15) is 0 Å². The second kappa shape index (κ2) is 9.86. The predicted octanol–water partition coefficient (Wildman–Crippen LogP) is 2.49. The molecule has 0 bridgehead atoms. The lowest BCUT2D eigenvalue weighted by molar-refractivity contribution is -0.128. The van der Waals surface area contributed by atoms with Crippen molar-refractivity contribution in [2.45, 2.75) is 13.0 Å². The van der Waals surface area contributed by atoms with E-state index in [4.69, 9.17) is 14.2 Å². The van der Waals surface area contributed by atoms with Crippen LogP contribution < -0.4 is 25.1 Å². The molecule has 2 aromatic carbocycles. The first-order valence-corrected chi connectivity index (χ1v) is 8.28. The lowest BCUT2D eigenvalue weighted by Gasteiger charge is -2.16. The lowest BCUT2D eigenvalue weighted by atomic mass is 10.2. The van der Waals surface area contributed by atoms with Crippen molar-refractivity contribution in [3.05, 3.63) is 66.7 Å². The molecular weight excluding hydrogens is 348 g/mol. The van der Waals surface area contributed by atoms with Gasteiger partial charge in [-0.3, -0.25) is 20.4 Å². The van der Waals surface area contributed by atoms with Gasteiger partial charge in [0, 0.05) is 5.56 Å². The predicted molar refractivity (Wildman–Crippen MR) is 101 cm³/mol. The number of methoxy groups -OCH3 is 1. The highest BCUT2D eigenvalue weighted by Gasteiger charge is 2.17. The molecule has 2 rings (SSSR count). The maximum atomic E-state index is 12.1. The van der Waals surface area contributed by atoms with Crippen LogP contribution in [0.4, 0.5) is 0 Å². The Labute approximate surface area is 157 Å². The minimum Gasteiger partial charge on any atom is -0.493 e. The number of amides is 2. The fraction of sp³-hybridized carbons (Fsp3) is 0.200. The Morgan fingerprint density at radius 3 is 2.37 bits per heavy atom. The van der Waals surface area contributed by atoms with Gasteiger partial charge in [0.25, 0.3) is 11.8 Å². The summed E-state index contributed by atoms with van der Waals surface area (Å²) in [5, 5.41) is 0. The number of hydrogen-bond donors (Lipinski definition) is 2. The third-order valence-electron chi connectivity index (χ3n) is 3.53. The first kappa shape index (κ1) is 19.8. The molecule has 2 aromatic rings. The number of ether oxygens (including phenoxy) is 3. The smallest absolute Gasteiger partial charge is 0.279 e. The van der Waals surface area contributed by atoms with E-state index in [1.165, 1.54) is 7.11 Å². The molecule has 27 heavy (non-hydrogen) atoms. The number of hydrazine groups is 1. The number of rotatable bonds is 8. The molecular formula is C20H22N2O5. The van der Waals surface area contributed by atoms with Crippen molar-refractivity contribution in [3.63, 3.8) is 0 Å². The zero-order valence-electron chi connectivity index (χ0n) is 15.2. The number of benzene rings is 2. The molecule has 142 valence electrons. The summed E-state index contributed by atoms with van der Waals surface area (Å²) in [5.41, 5.74) is 5.06. The van der Waals surface area contributed by atoms with E-state index in [0.717, 1.165) is 0 Å². The summed E-state index contributed by atoms with van der Waals surface area (Å²) >= 11 is 0. The van der Waals surface area contributed by atoms with Crippen LogP contribution in [0, 0.1) is 0 Å². The van der Waals surface area contributed by atoms with Crippen molar-refractivity contribution in [2.24, 2.45) is 0 Å². The van der Waals surface area contributed by atoms with Crippen molar-refractivity contribution in [3.8, 4) is 17.2 Å². The van der Waals surface area contributed by atoms with Gasteiger partial charge >= 0.3 is 0 Å². The third-order valence-corrected chi connectivity index (χ3v) is 3.53. The molecule has 0 aromatic heterocycles. The molecule has 7 nitrogen and oxygen atoms in total. The summed E-state index contributed by atoms with van der Waals surface area (Å²) in [6.07, 6.45) is 0.793. The minimum absolute atomic E-state index is 0.375. The van der Waals surface area contributed by atoms with Crippen molar-refractivity contribution >= 4 is 11.8 Å². The molecule has 0 heterocycles. The van der Waals surface area contributed by atoms with E-state index < -0.39 is 17.9 Å².